The molecule has 2 aromatic heterocycles. The summed E-state index contributed by atoms with van der Waals surface area (Å²) in [5.41, 5.74) is 0.0486. The molecule has 6 heteroatoms. The Bertz CT molecular complexity index is 569. The number of carboxylic acid groups (broad SMARTS) is 1. The topological polar surface area (TPSA) is 75.1 Å². The van der Waals surface area contributed by atoms with Gasteiger partial charge in [0.15, 0.2) is 5.69 Å². The van der Waals surface area contributed by atoms with Crippen LogP contribution in [0.15, 0.2) is 24.4 Å². The van der Waals surface area contributed by atoms with Crippen LogP contribution in [0.3, 0.4) is 0 Å². The highest BCUT2D eigenvalue weighted by Gasteiger charge is 2.05. The minimum Gasteiger partial charge on any atom is -0.477 e. The SMILES string of the molecule is CCc1cnc(CCNc2cccc(C(=O)O)n2)s1. The molecule has 0 aliphatic carbocycles. The van der Waals surface area contributed by atoms with Gasteiger partial charge in [0.2, 0.25) is 0 Å². The molecule has 0 amide bonds. The summed E-state index contributed by atoms with van der Waals surface area (Å²) in [5, 5.41) is 13.0. The van der Waals surface area contributed by atoms with Crippen LogP contribution in [0.4, 0.5) is 5.82 Å². The first kappa shape index (κ1) is 13.5. The van der Waals surface area contributed by atoms with Crippen molar-refractivity contribution in [2.45, 2.75) is 19.8 Å². The molecule has 5 nitrogen and oxygen atoms in total. The number of hydrogen-bond donors (Lipinski definition) is 2. The number of aromatic carboxylic acids is 1. The number of nitrogens with zero attached hydrogens (tertiary/aromatic N) is 2. The van der Waals surface area contributed by atoms with Crippen molar-refractivity contribution >= 4 is 23.1 Å². The van der Waals surface area contributed by atoms with E-state index in [4.69, 9.17) is 5.11 Å². The molecule has 0 saturated carbocycles. The lowest BCUT2D eigenvalue weighted by atomic mass is 10.3. The summed E-state index contributed by atoms with van der Waals surface area (Å²) < 4.78 is 0. The molecule has 2 aromatic rings. The van der Waals surface area contributed by atoms with Crippen molar-refractivity contribution in [1.82, 2.24) is 9.97 Å². The highest BCUT2D eigenvalue weighted by atomic mass is 32.1. The number of thiazole rings is 1. The van der Waals surface area contributed by atoms with Gasteiger partial charge in [0.05, 0.1) is 5.01 Å². The van der Waals surface area contributed by atoms with Crippen molar-refractivity contribution in [2.75, 3.05) is 11.9 Å². The molecule has 2 N–H and O–H groups in total. The Morgan fingerprint density at radius 3 is 3.00 bits per heavy atom. The van der Waals surface area contributed by atoms with E-state index >= 15 is 0 Å². The molecule has 0 bridgehead atoms. The average molecular weight is 277 g/mol. The zero-order chi connectivity index (χ0) is 13.7. The van der Waals surface area contributed by atoms with Gasteiger partial charge in [-0.3, -0.25) is 0 Å². The molecular formula is C13H15N3O2S. The number of nitrogens with one attached hydrogen (secondary N) is 1. The third kappa shape index (κ3) is 3.75. The van der Waals surface area contributed by atoms with E-state index in [2.05, 4.69) is 22.2 Å². The van der Waals surface area contributed by atoms with Gasteiger partial charge < -0.3 is 10.4 Å². The fourth-order valence-corrected chi connectivity index (χ4v) is 2.44. The van der Waals surface area contributed by atoms with Crippen LogP contribution in [0.5, 0.6) is 0 Å². The first-order valence-corrected chi connectivity index (χ1v) is 6.88. The second-order valence-electron chi connectivity index (χ2n) is 3.96. The summed E-state index contributed by atoms with van der Waals surface area (Å²) in [6.07, 6.45) is 3.72. The van der Waals surface area contributed by atoms with E-state index in [9.17, 15) is 4.79 Å². The lowest BCUT2D eigenvalue weighted by molar-refractivity contribution is 0.0690. The zero-order valence-electron chi connectivity index (χ0n) is 10.6. The molecule has 19 heavy (non-hydrogen) atoms. The van der Waals surface area contributed by atoms with Crippen molar-refractivity contribution in [1.29, 1.82) is 0 Å². The number of aromatic nitrogens is 2. The molecule has 0 spiro atoms. The van der Waals surface area contributed by atoms with Crippen LogP contribution in [-0.2, 0) is 12.8 Å². The number of carboxylic acids is 1. The first-order chi connectivity index (χ1) is 9.19. The van der Waals surface area contributed by atoms with Crippen molar-refractivity contribution in [3.63, 3.8) is 0 Å². The van der Waals surface area contributed by atoms with Crippen molar-refractivity contribution in [2.24, 2.45) is 0 Å². The Labute approximate surface area is 115 Å². The fraction of sp³-hybridized carbons (Fsp3) is 0.308. The number of anilines is 1. The molecule has 0 aliphatic rings. The van der Waals surface area contributed by atoms with E-state index in [0.717, 1.165) is 17.8 Å². The fourth-order valence-electron chi connectivity index (χ4n) is 1.58. The average Bonchev–Trinajstić information content (AvgIpc) is 2.87. The van der Waals surface area contributed by atoms with E-state index in [1.807, 2.05) is 6.20 Å². The van der Waals surface area contributed by atoms with Crippen LogP contribution >= 0.6 is 11.3 Å². The second-order valence-corrected chi connectivity index (χ2v) is 5.16. The predicted molar refractivity (Wildman–Crippen MR) is 74.9 cm³/mol. The van der Waals surface area contributed by atoms with E-state index < -0.39 is 5.97 Å². The molecule has 0 aliphatic heterocycles. The van der Waals surface area contributed by atoms with E-state index in [-0.39, 0.29) is 5.69 Å². The van der Waals surface area contributed by atoms with Crippen LogP contribution in [0, 0.1) is 0 Å². The Morgan fingerprint density at radius 2 is 2.32 bits per heavy atom. The molecule has 0 unspecified atom stereocenters. The van der Waals surface area contributed by atoms with Gasteiger partial charge in [-0.1, -0.05) is 13.0 Å². The first-order valence-electron chi connectivity index (χ1n) is 6.07. The minimum atomic E-state index is -1.02. The highest BCUT2D eigenvalue weighted by Crippen LogP contribution is 2.14. The maximum Gasteiger partial charge on any atom is 0.354 e. The predicted octanol–water partition coefficient (Wildman–Crippen LogP) is 2.45. The molecule has 2 heterocycles. The normalized spacial score (nSPS) is 10.4. The molecule has 2 rings (SSSR count). The Hall–Kier alpha value is -1.95. The van der Waals surface area contributed by atoms with Gasteiger partial charge in [0.1, 0.15) is 5.82 Å². The lowest BCUT2D eigenvalue weighted by Crippen LogP contribution is -2.08. The van der Waals surface area contributed by atoms with Crippen LogP contribution in [-0.4, -0.2) is 27.6 Å². The number of hydrogen-bond acceptors (Lipinski definition) is 5. The minimum absolute atomic E-state index is 0.0486. The van der Waals surface area contributed by atoms with Gasteiger partial charge >= 0.3 is 5.97 Å². The Morgan fingerprint density at radius 1 is 1.47 bits per heavy atom. The van der Waals surface area contributed by atoms with E-state index in [1.54, 1.807) is 23.5 Å². The molecule has 0 fully saturated rings. The van der Waals surface area contributed by atoms with Crippen molar-refractivity contribution in [3.05, 3.63) is 40.0 Å². The van der Waals surface area contributed by atoms with Crippen LogP contribution in [0.1, 0.15) is 27.3 Å². The van der Waals surface area contributed by atoms with Gasteiger partial charge in [-0.2, -0.15) is 0 Å². The van der Waals surface area contributed by atoms with Gasteiger partial charge in [0, 0.05) is 24.0 Å². The highest BCUT2D eigenvalue weighted by molar-refractivity contribution is 7.11. The maximum atomic E-state index is 10.8. The third-order valence-electron chi connectivity index (χ3n) is 2.56. The van der Waals surface area contributed by atoms with Gasteiger partial charge in [0.25, 0.3) is 0 Å². The standard InChI is InChI=1S/C13H15N3O2S/c1-2-9-8-15-12(19-9)6-7-14-11-5-3-4-10(16-11)13(17)18/h3-5,8H,2,6-7H2,1H3,(H,14,16)(H,17,18). The smallest absolute Gasteiger partial charge is 0.354 e. The van der Waals surface area contributed by atoms with Crippen molar-refractivity contribution < 1.29 is 9.90 Å². The number of carbonyl (C=O) groups is 1. The molecule has 0 radical (unpaired) electrons. The Balaban J connectivity index is 1.88. The summed E-state index contributed by atoms with van der Waals surface area (Å²) in [6, 6.07) is 4.91. The van der Waals surface area contributed by atoms with Crippen LogP contribution < -0.4 is 5.32 Å². The molecule has 100 valence electrons. The number of pyridine rings is 1. The maximum absolute atomic E-state index is 10.8. The lowest BCUT2D eigenvalue weighted by Gasteiger charge is -2.04. The van der Waals surface area contributed by atoms with Crippen molar-refractivity contribution in [3.8, 4) is 0 Å². The summed E-state index contributed by atoms with van der Waals surface area (Å²) in [4.78, 5) is 20.4. The van der Waals surface area contributed by atoms with Crippen LogP contribution in [0.2, 0.25) is 0 Å². The second kappa shape index (κ2) is 6.29. The van der Waals surface area contributed by atoms with E-state index in [0.29, 0.717) is 12.4 Å². The van der Waals surface area contributed by atoms with Gasteiger partial charge in [-0.05, 0) is 18.6 Å². The van der Waals surface area contributed by atoms with Crippen LogP contribution in [0.25, 0.3) is 0 Å². The monoisotopic (exact) mass is 277 g/mol. The summed E-state index contributed by atoms with van der Waals surface area (Å²) >= 11 is 1.71. The molecular weight excluding hydrogens is 262 g/mol. The summed E-state index contributed by atoms with van der Waals surface area (Å²) in [5.74, 6) is -0.441. The Kier molecular flexibility index (Phi) is 4.46. The van der Waals surface area contributed by atoms with E-state index in [1.165, 1.54) is 10.9 Å². The molecule has 0 saturated heterocycles. The molecule has 0 aromatic carbocycles. The zero-order valence-corrected chi connectivity index (χ0v) is 11.4. The number of aryl methyl sites for hydroxylation is 1. The van der Waals surface area contributed by atoms with Gasteiger partial charge in [-0.15, -0.1) is 11.3 Å². The molecule has 0 atom stereocenters. The summed E-state index contributed by atoms with van der Waals surface area (Å²) in [6.45, 7) is 2.80. The summed E-state index contributed by atoms with van der Waals surface area (Å²) in [7, 11) is 0. The van der Waals surface area contributed by atoms with Gasteiger partial charge in [-0.25, -0.2) is 14.8 Å². The number of rotatable bonds is 6. The quantitative estimate of drug-likeness (QED) is 0.848. The largest absolute Gasteiger partial charge is 0.477 e. The third-order valence-corrected chi connectivity index (χ3v) is 3.76.